The van der Waals surface area contributed by atoms with Crippen LogP contribution in [0.3, 0.4) is 0 Å². The van der Waals surface area contributed by atoms with E-state index in [4.69, 9.17) is 5.73 Å². The van der Waals surface area contributed by atoms with E-state index in [1.165, 1.54) is 6.07 Å². The minimum Gasteiger partial charge on any atom is -0.323 e. The summed E-state index contributed by atoms with van der Waals surface area (Å²) in [7, 11) is 0. The number of aromatic nitrogens is 3. The molecule has 0 amide bonds. The Morgan fingerprint density at radius 2 is 2.26 bits per heavy atom. The Morgan fingerprint density at radius 1 is 1.47 bits per heavy atom. The maximum absolute atomic E-state index is 13.1. The maximum Gasteiger partial charge on any atom is 0.137 e. The molecule has 0 aliphatic heterocycles. The van der Waals surface area contributed by atoms with Gasteiger partial charge in [-0.2, -0.15) is 0 Å². The molecule has 0 saturated carbocycles. The summed E-state index contributed by atoms with van der Waals surface area (Å²) in [5, 5.41) is 8.12. The molecular weight excluding hydrogens is 311 g/mol. The van der Waals surface area contributed by atoms with Crippen LogP contribution in [-0.4, -0.2) is 15.0 Å². The first-order valence-electron chi connectivity index (χ1n) is 6.19. The van der Waals surface area contributed by atoms with Gasteiger partial charge in [0.1, 0.15) is 5.82 Å². The maximum atomic E-state index is 13.1. The normalized spacial score (nSPS) is 12.6. The van der Waals surface area contributed by atoms with E-state index in [2.05, 4.69) is 33.2 Å². The van der Waals surface area contributed by atoms with Crippen LogP contribution in [0.4, 0.5) is 4.39 Å². The van der Waals surface area contributed by atoms with Crippen LogP contribution in [0.25, 0.3) is 0 Å². The zero-order chi connectivity index (χ0) is 13.8. The molecule has 4 nitrogen and oxygen atoms in total. The van der Waals surface area contributed by atoms with Crippen molar-refractivity contribution >= 4 is 15.9 Å². The van der Waals surface area contributed by atoms with Crippen LogP contribution in [0.15, 0.2) is 28.9 Å². The summed E-state index contributed by atoms with van der Waals surface area (Å²) in [6.07, 6.45) is 3.75. The molecule has 19 heavy (non-hydrogen) atoms. The third-order valence-corrected chi connectivity index (χ3v) is 3.47. The SMILES string of the molecule is CCCC(N)c1cn(Cc2ccc(F)c(Br)c2)nn1. The van der Waals surface area contributed by atoms with Crippen molar-refractivity contribution in [3.05, 3.63) is 45.9 Å². The second kappa shape index (κ2) is 6.25. The number of nitrogens with zero attached hydrogens (tertiary/aromatic N) is 3. The van der Waals surface area contributed by atoms with E-state index in [0.717, 1.165) is 24.1 Å². The summed E-state index contributed by atoms with van der Waals surface area (Å²) in [6, 6.07) is 4.83. The number of hydrogen-bond donors (Lipinski definition) is 1. The van der Waals surface area contributed by atoms with Gasteiger partial charge in [0.2, 0.25) is 0 Å². The van der Waals surface area contributed by atoms with Crippen LogP contribution >= 0.6 is 15.9 Å². The molecule has 1 aromatic heterocycles. The van der Waals surface area contributed by atoms with Crippen molar-refractivity contribution in [1.82, 2.24) is 15.0 Å². The van der Waals surface area contributed by atoms with Crippen molar-refractivity contribution < 1.29 is 4.39 Å². The van der Waals surface area contributed by atoms with Gasteiger partial charge >= 0.3 is 0 Å². The lowest BCUT2D eigenvalue weighted by atomic mass is 10.1. The summed E-state index contributed by atoms with van der Waals surface area (Å²) < 4.78 is 15.3. The van der Waals surface area contributed by atoms with Crippen molar-refractivity contribution in [2.24, 2.45) is 5.73 Å². The van der Waals surface area contributed by atoms with Gasteiger partial charge < -0.3 is 5.73 Å². The zero-order valence-corrected chi connectivity index (χ0v) is 12.3. The van der Waals surface area contributed by atoms with Gasteiger partial charge in [-0.3, -0.25) is 0 Å². The number of halogens is 2. The predicted octanol–water partition coefficient (Wildman–Crippen LogP) is 3.03. The molecule has 0 spiro atoms. The van der Waals surface area contributed by atoms with Crippen molar-refractivity contribution in [3.8, 4) is 0 Å². The van der Waals surface area contributed by atoms with Crippen molar-refractivity contribution in [2.45, 2.75) is 32.4 Å². The van der Waals surface area contributed by atoms with Crippen molar-refractivity contribution in [2.75, 3.05) is 0 Å². The first-order valence-corrected chi connectivity index (χ1v) is 6.99. The third kappa shape index (κ3) is 3.61. The molecule has 0 aliphatic rings. The van der Waals surface area contributed by atoms with Crippen LogP contribution in [0, 0.1) is 5.82 Å². The Kier molecular flexibility index (Phi) is 4.66. The minimum atomic E-state index is -0.270. The molecule has 0 bridgehead atoms. The van der Waals surface area contributed by atoms with Crippen LogP contribution in [0.2, 0.25) is 0 Å². The molecule has 0 saturated heterocycles. The highest BCUT2D eigenvalue weighted by Gasteiger charge is 2.10. The van der Waals surface area contributed by atoms with Crippen LogP contribution < -0.4 is 5.73 Å². The summed E-state index contributed by atoms with van der Waals surface area (Å²) in [5.41, 5.74) is 7.73. The molecule has 1 unspecified atom stereocenters. The molecule has 2 N–H and O–H groups in total. The monoisotopic (exact) mass is 326 g/mol. The lowest BCUT2D eigenvalue weighted by Crippen LogP contribution is -2.10. The van der Waals surface area contributed by atoms with Gasteiger partial charge in [0.15, 0.2) is 0 Å². The van der Waals surface area contributed by atoms with Gasteiger partial charge in [-0.05, 0) is 40.0 Å². The third-order valence-electron chi connectivity index (χ3n) is 2.86. The van der Waals surface area contributed by atoms with Gasteiger partial charge in [0, 0.05) is 0 Å². The highest BCUT2D eigenvalue weighted by molar-refractivity contribution is 9.10. The first-order chi connectivity index (χ1) is 9.10. The zero-order valence-electron chi connectivity index (χ0n) is 10.7. The lowest BCUT2D eigenvalue weighted by molar-refractivity contribution is 0.613. The van der Waals surface area contributed by atoms with E-state index in [1.54, 1.807) is 16.8 Å². The second-order valence-corrected chi connectivity index (χ2v) is 5.34. The largest absolute Gasteiger partial charge is 0.323 e. The van der Waals surface area contributed by atoms with E-state index in [9.17, 15) is 4.39 Å². The molecule has 2 rings (SSSR count). The van der Waals surface area contributed by atoms with Crippen LogP contribution in [0.1, 0.15) is 37.1 Å². The number of benzene rings is 1. The van der Waals surface area contributed by atoms with Crippen molar-refractivity contribution in [3.63, 3.8) is 0 Å². The molecule has 1 atom stereocenters. The van der Waals surface area contributed by atoms with Crippen LogP contribution in [-0.2, 0) is 6.54 Å². The lowest BCUT2D eigenvalue weighted by Gasteiger charge is -2.05. The average Bonchev–Trinajstić information content (AvgIpc) is 2.83. The van der Waals surface area contributed by atoms with E-state index < -0.39 is 0 Å². The fraction of sp³-hybridized carbons (Fsp3) is 0.385. The Balaban J connectivity index is 2.09. The van der Waals surface area contributed by atoms with Crippen LogP contribution in [0.5, 0.6) is 0 Å². The quantitative estimate of drug-likeness (QED) is 0.918. The van der Waals surface area contributed by atoms with Gasteiger partial charge in [-0.1, -0.05) is 24.6 Å². The fourth-order valence-electron chi connectivity index (χ4n) is 1.84. The highest BCUT2D eigenvalue weighted by atomic mass is 79.9. The number of rotatable bonds is 5. The second-order valence-electron chi connectivity index (χ2n) is 4.48. The van der Waals surface area contributed by atoms with Gasteiger partial charge in [0.25, 0.3) is 0 Å². The molecule has 102 valence electrons. The topological polar surface area (TPSA) is 56.7 Å². The van der Waals surface area contributed by atoms with E-state index in [-0.39, 0.29) is 11.9 Å². The summed E-state index contributed by atoms with van der Waals surface area (Å²) in [6.45, 7) is 2.63. The predicted molar refractivity (Wildman–Crippen MR) is 75.1 cm³/mol. The Labute approximate surface area is 119 Å². The molecule has 2 aromatic rings. The molecule has 0 radical (unpaired) electrons. The highest BCUT2D eigenvalue weighted by Crippen LogP contribution is 2.18. The average molecular weight is 327 g/mol. The van der Waals surface area contributed by atoms with Gasteiger partial charge in [0.05, 0.1) is 29.0 Å². The van der Waals surface area contributed by atoms with Crippen molar-refractivity contribution in [1.29, 1.82) is 0 Å². The van der Waals surface area contributed by atoms with Gasteiger partial charge in [-0.15, -0.1) is 5.10 Å². The Bertz CT molecular complexity index is 555. The molecule has 1 aromatic carbocycles. The summed E-state index contributed by atoms with van der Waals surface area (Å²) in [5.74, 6) is -0.270. The Hall–Kier alpha value is -1.27. The standard InChI is InChI=1S/C13H16BrFN4/c1-2-3-12(16)13-8-19(18-17-13)7-9-4-5-11(15)10(14)6-9/h4-6,8,12H,2-3,7,16H2,1H3. The number of hydrogen-bond acceptors (Lipinski definition) is 3. The first kappa shape index (κ1) is 14.1. The van der Waals surface area contributed by atoms with E-state index in [0.29, 0.717) is 11.0 Å². The summed E-state index contributed by atoms with van der Waals surface area (Å²) >= 11 is 3.17. The Morgan fingerprint density at radius 3 is 2.95 bits per heavy atom. The molecule has 0 aliphatic carbocycles. The molecule has 1 heterocycles. The number of nitrogens with two attached hydrogens (primary N) is 1. The van der Waals surface area contributed by atoms with Gasteiger partial charge in [-0.25, -0.2) is 9.07 Å². The van der Waals surface area contributed by atoms with E-state index in [1.807, 2.05) is 6.20 Å². The smallest absolute Gasteiger partial charge is 0.137 e. The fourth-order valence-corrected chi connectivity index (χ4v) is 2.27. The summed E-state index contributed by atoms with van der Waals surface area (Å²) in [4.78, 5) is 0. The molecular formula is C13H16BrFN4. The minimum absolute atomic E-state index is 0.0706. The van der Waals surface area contributed by atoms with E-state index >= 15 is 0 Å². The molecule has 0 fully saturated rings. The molecule has 6 heteroatoms.